The molecule has 0 saturated heterocycles. The molecule has 5 heteroatoms. The SMILES string of the molecule is CCCOC1=C(c2ccccc2)C(CCC(=O)OCC)OC1=O. The van der Waals surface area contributed by atoms with Gasteiger partial charge in [0.2, 0.25) is 5.76 Å². The molecule has 1 aliphatic rings. The summed E-state index contributed by atoms with van der Waals surface area (Å²) < 4.78 is 16.0. The van der Waals surface area contributed by atoms with Crippen LogP contribution in [0.5, 0.6) is 0 Å². The van der Waals surface area contributed by atoms with Crippen LogP contribution in [-0.2, 0) is 23.8 Å². The highest BCUT2D eigenvalue weighted by Gasteiger charge is 2.36. The number of esters is 2. The van der Waals surface area contributed by atoms with E-state index in [2.05, 4.69) is 0 Å². The number of carbonyl (C=O) groups is 2. The first-order valence-corrected chi connectivity index (χ1v) is 7.96. The molecular formula is C18H22O5. The van der Waals surface area contributed by atoms with Crippen LogP contribution < -0.4 is 0 Å². The summed E-state index contributed by atoms with van der Waals surface area (Å²) in [6.07, 6.45) is 0.893. The molecular weight excluding hydrogens is 296 g/mol. The van der Waals surface area contributed by atoms with Gasteiger partial charge in [-0.3, -0.25) is 4.79 Å². The highest BCUT2D eigenvalue weighted by molar-refractivity contribution is 6.01. The summed E-state index contributed by atoms with van der Waals surface area (Å²) in [5.41, 5.74) is 1.59. The summed E-state index contributed by atoms with van der Waals surface area (Å²) in [4.78, 5) is 23.7. The Kier molecular flexibility index (Phi) is 6.20. The minimum atomic E-state index is -0.485. The summed E-state index contributed by atoms with van der Waals surface area (Å²) in [6.45, 7) is 4.53. The van der Waals surface area contributed by atoms with Gasteiger partial charge in [-0.2, -0.15) is 0 Å². The van der Waals surface area contributed by atoms with Crippen LogP contribution in [0, 0.1) is 0 Å². The second-order valence-corrected chi connectivity index (χ2v) is 5.19. The number of cyclic esters (lactones) is 1. The molecule has 1 atom stereocenters. The normalized spacial score (nSPS) is 17.1. The molecule has 124 valence electrons. The van der Waals surface area contributed by atoms with Crippen molar-refractivity contribution in [1.82, 2.24) is 0 Å². The molecule has 0 spiro atoms. The number of ether oxygens (including phenoxy) is 3. The quantitative estimate of drug-likeness (QED) is 0.689. The molecule has 0 saturated carbocycles. The molecule has 1 heterocycles. The molecule has 23 heavy (non-hydrogen) atoms. The maximum absolute atomic E-state index is 12.1. The minimum absolute atomic E-state index is 0.198. The van der Waals surface area contributed by atoms with Gasteiger partial charge in [-0.15, -0.1) is 0 Å². The number of benzene rings is 1. The van der Waals surface area contributed by atoms with E-state index >= 15 is 0 Å². The van der Waals surface area contributed by atoms with Gasteiger partial charge in [-0.05, 0) is 25.3 Å². The third-order valence-electron chi connectivity index (χ3n) is 3.45. The molecule has 0 N–H and O–H groups in total. The molecule has 1 aromatic rings. The molecule has 0 amide bonds. The summed E-state index contributed by atoms with van der Waals surface area (Å²) in [5, 5.41) is 0. The molecule has 2 rings (SSSR count). The van der Waals surface area contributed by atoms with Crippen molar-refractivity contribution in [3.63, 3.8) is 0 Å². The van der Waals surface area contributed by atoms with Gasteiger partial charge < -0.3 is 14.2 Å². The molecule has 0 aromatic heterocycles. The van der Waals surface area contributed by atoms with Crippen LogP contribution in [0.15, 0.2) is 36.1 Å². The summed E-state index contributed by atoms with van der Waals surface area (Å²) >= 11 is 0. The number of carbonyl (C=O) groups excluding carboxylic acids is 2. The van der Waals surface area contributed by atoms with Crippen molar-refractivity contribution in [2.45, 2.75) is 39.2 Å². The largest absolute Gasteiger partial charge is 0.486 e. The van der Waals surface area contributed by atoms with E-state index in [1.54, 1.807) is 6.92 Å². The second kappa shape index (κ2) is 8.36. The fourth-order valence-corrected chi connectivity index (χ4v) is 2.46. The van der Waals surface area contributed by atoms with Crippen LogP contribution in [0.1, 0.15) is 38.7 Å². The third-order valence-corrected chi connectivity index (χ3v) is 3.45. The molecule has 1 aromatic carbocycles. The van der Waals surface area contributed by atoms with Gasteiger partial charge in [0, 0.05) is 12.0 Å². The van der Waals surface area contributed by atoms with E-state index < -0.39 is 12.1 Å². The summed E-state index contributed by atoms with van der Waals surface area (Å²) in [7, 11) is 0. The van der Waals surface area contributed by atoms with Crippen molar-refractivity contribution in [2.75, 3.05) is 13.2 Å². The molecule has 1 aliphatic heterocycles. The first-order valence-electron chi connectivity index (χ1n) is 7.96. The van der Waals surface area contributed by atoms with Crippen molar-refractivity contribution in [2.24, 2.45) is 0 Å². The zero-order valence-electron chi connectivity index (χ0n) is 13.5. The van der Waals surface area contributed by atoms with E-state index in [-0.39, 0.29) is 18.1 Å². The second-order valence-electron chi connectivity index (χ2n) is 5.19. The van der Waals surface area contributed by atoms with E-state index in [9.17, 15) is 9.59 Å². The maximum atomic E-state index is 12.1. The fraction of sp³-hybridized carbons (Fsp3) is 0.444. The lowest BCUT2D eigenvalue weighted by Gasteiger charge is -2.13. The first kappa shape index (κ1) is 17.1. The fourth-order valence-electron chi connectivity index (χ4n) is 2.46. The lowest BCUT2D eigenvalue weighted by atomic mass is 9.97. The third kappa shape index (κ3) is 4.34. The predicted molar refractivity (Wildman–Crippen MR) is 85.4 cm³/mol. The van der Waals surface area contributed by atoms with Crippen LogP contribution in [0.25, 0.3) is 5.57 Å². The zero-order chi connectivity index (χ0) is 16.7. The Morgan fingerprint density at radius 1 is 1.22 bits per heavy atom. The van der Waals surface area contributed by atoms with Crippen molar-refractivity contribution in [1.29, 1.82) is 0 Å². The van der Waals surface area contributed by atoms with Crippen molar-refractivity contribution in [3.8, 4) is 0 Å². The smallest absolute Gasteiger partial charge is 0.374 e. The molecule has 0 fully saturated rings. The molecule has 0 radical (unpaired) electrons. The van der Waals surface area contributed by atoms with Crippen LogP contribution >= 0.6 is 0 Å². The average molecular weight is 318 g/mol. The number of rotatable bonds is 8. The molecule has 5 nitrogen and oxygen atoms in total. The van der Waals surface area contributed by atoms with Crippen LogP contribution in [0.3, 0.4) is 0 Å². The number of hydrogen-bond donors (Lipinski definition) is 0. The van der Waals surface area contributed by atoms with E-state index in [1.807, 2.05) is 37.3 Å². The standard InChI is InChI=1S/C18H22O5/c1-3-12-22-17-16(13-8-6-5-7-9-13)14(23-18(17)20)10-11-15(19)21-4-2/h5-9,14H,3-4,10-12H2,1-2H3. The van der Waals surface area contributed by atoms with E-state index in [0.29, 0.717) is 25.2 Å². The zero-order valence-corrected chi connectivity index (χ0v) is 13.5. The van der Waals surface area contributed by atoms with Crippen molar-refractivity contribution < 1.29 is 23.8 Å². The maximum Gasteiger partial charge on any atom is 0.374 e. The lowest BCUT2D eigenvalue weighted by molar-refractivity contribution is -0.147. The lowest BCUT2D eigenvalue weighted by Crippen LogP contribution is -2.14. The molecule has 0 aliphatic carbocycles. The summed E-state index contributed by atoms with van der Waals surface area (Å²) in [6, 6.07) is 9.51. The van der Waals surface area contributed by atoms with Crippen LogP contribution in [-0.4, -0.2) is 31.3 Å². The highest BCUT2D eigenvalue weighted by Crippen LogP contribution is 2.34. The Hall–Kier alpha value is -2.30. The van der Waals surface area contributed by atoms with Gasteiger partial charge >= 0.3 is 11.9 Å². The van der Waals surface area contributed by atoms with Crippen LogP contribution in [0.4, 0.5) is 0 Å². The van der Waals surface area contributed by atoms with E-state index in [1.165, 1.54) is 0 Å². The Morgan fingerprint density at radius 3 is 2.61 bits per heavy atom. The van der Waals surface area contributed by atoms with Gasteiger partial charge in [-0.25, -0.2) is 4.79 Å². The Bertz CT molecular complexity index is 576. The minimum Gasteiger partial charge on any atom is -0.486 e. The molecule has 1 unspecified atom stereocenters. The Balaban J connectivity index is 2.22. The van der Waals surface area contributed by atoms with Gasteiger partial charge in [-0.1, -0.05) is 37.3 Å². The summed E-state index contributed by atoms with van der Waals surface area (Å²) in [5.74, 6) is -0.503. The predicted octanol–water partition coefficient (Wildman–Crippen LogP) is 3.09. The van der Waals surface area contributed by atoms with Gasteiger partial charge in [0.1, 0.15) is 6.10 Å². The van der Waals surface area contributed by atoms with Gasteiger partial charge in [0.15, 0.2) is 0 Å². The average Bonchev–Trinajstić information content (AvgIpc) is 2.87. The Morgan fingerprint density at radius 2 is 1.96 bits per heavy atom. The van der Waals surface area contributed by atoms with Crippen molar-refractivity contribution in [3.05, 3.63) is 41.7 Å². The first-order chi connectivity index (χ1) is 11.2. The van der Waals surface area contributed by atoms with E-state index in [4.69, 9.17) is 14.2 Å². The van der Waals surface area contributed by atoms with Crippen molar-refractivity contribution >= 4 is 17.5 Å². The molecule has 0 bridgehead atoms. The van der Waals surface area contributed by atoms with E-state index in [0.717, 1.165) is 12.0 Å². The van der Waals surface area contributed by atoms with Gasteiger partial charge in [0.25, 0.3) is 0 Å². The topological polar surface area (TPSA) is 61.8 Å². The van der Waals surface area contributed by atoms with Gasteiger partial charge in [0.05, 0.1) is 13.2 Å². The highest BCUT2D eigenvalue weighted by atomic mass is 16.6. The monoisotopic (exact) mass is 318 g/mol. The Labute approximate surface area is 136 Å². The van der Waals surface area contributed by atoms with Crippen LogP contribution in [0.2, 0.25) is 0 Å². The number of hydrogen-bond acceptors (Lipinski definition) is 5.